The third-order valence-corrected chi connectivity index (χ3v) is 3.16. The summed E-state index contributed by atoms with van der Waals surface area (Å²) < 4.78 is 7.31. The number of hydrogen-bond donors (Lipinski definition) is 1. The Morgan fingerprint density at radius 3 is 2.64 bits per heavy atom. The third-order valence-electron chi connectivity index (χ3n) is 3.16. The van der Waals surface area contributed by atoms with Crippen LogP contribution in [-0.4, -0.2) is 39.5 Å². The minimum absolute atomic E-state index is 0.00321. The molecule has 0 unspecified atom stereocenters. The molecule has 2 rings (SSSR count). The first-order valence-corrected chi connectivity index (χ1v) is 7.36. The molecule has 0 atom stereocenters. The molecular weight excluding hydrogens is 282 g/mol. The SMILES string of the molecule is Cn1c(N(CCCO)C(=O)OC(C)(C)C)nc2ccccc21. The number of nitrogens with zero attached hydrogens (tertiary/aromatic N) is 3. The number of anilines is 1. The summed E-state index contributed by atoms with van der Waals surface area (Å²) in [5.74, 6) is 0.518. The van der Waals surface area contributed by atoms with Gasteiger partial charge >= 0.3 is 6.09 Å². The van der Waals surface area contributed by atoms with Crippen molar-refractivity contribution in [1.29, 1.82) is 0 Å². The Labute approximate surface area is 130 Å². The zero-order chi connectivity index (χ0) is 16.3. The number of aliphatic hydroxyl groups is 1. The predicted octanol–water partition coefficient (Wildman–Crippen LogP) is 2.70. The molecule has 2 aromatic rings. The largest absolute Gasteiger partial charge is 0.443 e. The molecule has 0 aliphatic carbocycles. The maximum Gasteiger partial charge on any atom is 0.417 e. The topological polar surface area (TPSA) is 67.6 Å². The van der Waals surface area contributed by atoms with Gasteiger partial charge in [0.05, 0.1) is 11.0 Å². The molecule has 1 aromatic carbocycles. The molecule has 0 radical (unpaired) electrons. The molecule has 1 N–H and O–H groups in total. The van der Waals surface area contributed by atoms with Gasteiger partial charge in [0.15, 0.2) is 0 Å². The van der Waals surface area contributed by atoms with Gasteiger partial charge in [0.1, 0.15) is 5.60 Å². The summed E-state index contributed by atoms with van der Waals surface area (Å²) in [5, 5.41) is 9.08. The number of aryl methyl sites for hydroxylation is 1. The highest BCUT2D eigenvalue weighted by Gasteiger charge is 2.26. The summed E-state index contributed by atoms with van der Waals surface area (Å²) in [7, 11) is 1.86. The van der Waals surface area contributed by atoms with Crippen LogP contribution in [0.3, 0.4) is 0 Å². The standard InChI is InChI=1S/C16H23N3O3/c1-16(2,3)22-15(21)19(10-7-11-20)14-17-12-8-5-6-9-13(12)18(14)4/h5-6,8-9,20H,7,10-11H2,1-4H3. The Bertz CT molecular complexity index is 658. The van der Waals surface area contributed by atoms with Gasteiger partial charge in [0.2, 0.25) is 5.95 Å². The number of para-hydroxylation sites is 2. The van der Waals surface area contributed by atoms with E-state index >= 15 is 0 Å². The molecule has 0 saturated carbocycles. The number of ether oxygens (including phenoxy) is 1. The summed E-state index contributed by atoms with van der Waals surface area (Å²) in [6, 6.07) is 7.69. The van der Waals surface area contributed by atoms with Gasteiger partial charge in [-0.05, 0) is 39.3 Å². The number of hydrogen-bond acceptors (Lipinski definition) is 4. The van der Waals surface area contributed by atoms with Crippen molar-refractivity contribution in [2.24, 2.45) is 7.05 Å². The van der Waals surface area contributed by atoms with Gasteiger partial charge < -0.3 is 14.4 Å². The lowest BCUT2D eigenvalue weighted by atomic mass is 10.2. The van der Waals surface area contributed by atoms with Crippen LogP contribution in [-0.2, 0) is 11.8 Å². The highest BCUT2D eigenvalue weighted by Crippen LogP contribution is 2.23. The van der Waals surface area contributed by atoms with Crippen molar-refractivity contribution in [3.63, 3.8) is 0 Å². The maximum absolute atomic E-state index is 12.5. The third kappa shape index (κ3) is 3.57. The van der Waals surface area contributed by atoms with Crippen LogP contribution < -0.4 is 4.90 Å². The first-order chi connectivity index (χ1) is 10.3. The summed E-state index contributed by atoms with van der Waals surface area (Å²) in [6.45, 7) is 5.82. The molecule has 0 bridgehead atoms. The van der Waals surface area contributed by atoms with Crippen molar-refractivity contribution in [1.82, 2.24) is 9.55 Å². The van der Waals surface area contributed by atoms with Crippen LogP contribution in [0, 0.1) is 0 Å². The van der Waals surface area contributed by atoms with E-state index in [0.717, 1.165) is 11.0 Å². The van der Waals surface area contributed by atoms with Crippen LogP contribution in [0.1, 0.15) is 27.2 Å². The summed E-state index contributed by atoms with van der Waals surface area (Å²) in [6.07, 6.45) is 0.00183. The van der Waals surface area contributed by atoms with Crippen LogP contribution in [0.4, 0.5) is 10.7 Å². The van der Waals surface area contributed by atoms with Crippen molar-refractivity contribution < 1.29 is 14.6 Å². The number of benzene rings is 1. The van der Waals surface area contributed by atoms with Crippen molar-refractivity contribution >= 4 is 23.1 Å². The van der Waals surface area contributed by atoms with Crippen LogP contribution in [0.15, 0.2) is 24.3 Å². The monoisotopic (exact) mass is 305 g/mol. The highest BCUT2D eigenvalue weighted by molar-refractivity contribution is 5.89. The smallest absolute Gasteiger partial charge is 0.417 e. The lowest BCUT2D eigenvalue weighted by molar-refractivity contribution is 0.0575. The van der Waals surface area contributed by atoms with E-state index in [9.17, 15) is 4.79 Å². The fourth-order valence-corrected chi connectivity index (χ4v) is 2.19. The molecule has 1 amide bonds. The zero-order valence-corrected chi connectivity index (χ0v) is 13.5. The molecule has 1 aromatic heterocycles. The van der Waals surface area contributed by atoms with E-state index in [1.54, 1.807) is 0 Å². The number of amides is 1. The normalized spacial score (nSPS) is 11.7. The molecule has 22 heavy (non-hydrogen) atoms. The van der Waals surface area contributed by atoms with Gasteiger partial charge in [0, 0.05) is 20.2 Å². The number of aliphatic hydroxyl groups excluding tert-OH is 1. The number of imidazole rings is 1. The van der Waals surface area contributed by atoms with Gasteiger partial charge in [-0.2, -0.15) is 0 Å². The Hall–Kier alpha value is -2.08. The molecule has 6 heteroatoms. The molecule has 0 fully saturated rings. The van der Waals surface area contributed by atoms with Gasteiger partial charge in [0.25, 0.3) is 0 Å². The van der Waals surface area contributed by atoms with E-state index in [2.05, 4.69) is 4.98 Å². The fourth-order valence-electron chi connectivity index (χ4n) is 2.19. The second-order valence-electron chi connectivity index (χ2n) is 6.17. The van der Waals surface area contributed by atoms with Crippen LogP contribution >= 0.6 is 0 Å². The second kappa shape index (κ2) is 6.36. The average Bonchev–Trinajstić information content (AvgIpc) is 2.75. The average molecular weight is 305 g/mol. The summed E-state index contributed by atoms with van der Waals surface area (Å²) in [5.41, 5.74) is 1.17. The van der Waals surface area contributed by atoms with E-state index in [-0.39, 0.29) is 6.61 Å². The molecule has 0 aliphatic rings. The van der Waals surface area contributed by atoms with Crippen molar-refractivity contribution in [2.45, 2.75) is 32.8 Å². The van der Waals surface area contributed by atoms with Gasteiger partial charge in [-0.1, -0.05) is 12.1 Å². The van der Waals surface area contributed by atoms with Crippen LogP contribution in [0.2, 0.25) is 0 Å². The minimum atomic E-state index is -0.584. The Morgan fingerprint density at radius 1 is 1.36 bits per heavy atom. The Kier molecular flexibility index (Phi) is 4.71. The predicted molar refractivity (Wildman–Crippen MR) is 86.0 cm³/mol. The summed E-state index contributed by atoms with van der Waals surface area (Å²) in [4.78, 5) is 18.5. The zero-order valence-electron chi connectivity index (χ0n) is 13.5. The number of fused-ring (bicyclic) bond motifs is 1. The van der Waals surface area contributed by atoms with Crippen molar-refractivity contribution in [3.05, 3.63) is 24.3 Å². The van der Waals surface area contributed by atoms with Gasteiger partial charge in [-0.25, -0.2) is 14.7 Å². The quantitative estimate of drug-likeness (QED) is 0.943. The van der Waals surface area contributed by atoms with Crippen LogP contribution in [0.25, 0.3) is 11.0 Å². The van der Waals surface area contributed by atoms with Crippen molar-refractivity contribution in [3.8, 4) is 0 Å². The van der Waals surface area contributed by atoms with E-state index < -0.39 is 11.7 Å². The number of rotatable bonds is 4. The van der Waals surface area contributed by atoms with E-state index in [1.807, 2.05) is 56.7 Å². The van der Waals surface area contributed by atoms with Crippen LogP contribution in [0.5, 0.6) is 0 Å². The summed E-state index contributed by atoms with van der Waals surface area (Å²) >= 11 is 0. The Balaban J connectivity index is 2.38. The number of aromatic nitrogens is 2. The minimum Gasteiger partial charge on any atom is -0.443 e. The highest BCUT2D eigenvalue weighted by atomic mass is 16.6. The molecule has 6 nitrogen and oxygen atoms in total. The van der Waals surface area contributed by atoms with E-state index in [4.69, 9.17) is 9.84 Å². The molecule has 0 aliphatic heterocycles. The first kappa shape index (κ1) is 16.3. The molecule has 1 heterocycles. The first-order valence-electron chi connectivity index (χ1n) is 7.36. The Morgan fingerprint density at radius 2 is 2.05 bits per heavy atom. The second-order valence-corrected chi connectivity index (χ2v) is 6.17. The van der Waals surface area contributed by atoms with Gasteiger partial charge in [-0.15, -0.1) is 0 Å². The van der Waals surface area contributed by atoms with E-state index in [0.29, 0.717) is 18.9 Å². The number of carbonyl (C=O) groups excluding carboxylic acids is 1. The van der Waals surface area contributed by atoms with E-state index in [1.165, 1.54) is 4.90 Å². The lowest BCUT2D eigenvalue weighted by Gasteiger charge is -2.26. The van der Waals surface area contributed by atoms with Gasteiger partial charge in [-0.3, -0.25) is 0 Å². The molecular formula is C16H23N3O3. The number of carbonyl (C=O) groups is 1. The fraction of sp³-hybridized carbons (Fsp3) is 0.500. The molecule has 120 valence electrons. The molecule has 0 spiro atoms. The van der Waals surface area contributed by atoms with Crippen molar-refractivity contribution in [2.75, 3.05) is 18.1 Å². The maximum atomic E-state index is 12.5. The lowest BCUT2D eigenvalue weighted by Crippen LogP contribution is -2.39. The molecule has 0 saturated heterocycles.